The van der Waals surface area contributed by atoms with E-state index in [1.165, 1.54) is 6.20 Å². The predicted octanol–water partition coefficient (Wildman–Crippen LogP) is 4.01. The van der Waals surface area contributed by atoms with Crippen LogP contribution < -0.4 is 20.1 Å². The van der Waals surface area contributed by atoms with Gasteiger partial charge in [-0.2, -0.15) is 0 Å². The molecule has 0 saturated heterocycles. The fourth-order valence-corrected chi connectivity index (χ4v) is 2.69. The van der Waals surface area contributed by atoms with Crippen LogP contribution in [0.4, 0.5) is 11.6 Å². The van der Waals surface area contributed by atoms with Crippen LogP contribution in [-0.2, 0) is 6.54 Å². The fourth-order valence-electron chi connectivity index (χ4n) is 2.50. The maximum Gasteiger partial charge on any atom is 0.274 e. The van der Waals surface area contributed by atoms with Crippen LogP contribution in [0.3, 0.4) is 0 Å². The van der Waals surface area contributed by atoms with Crippen LogP contribution in [0.1, 0.15) is 16.1 Å². The van der Waals surface area contributed by atoms with Crippen LogP contribution in [0.2, 0.25) is 5.02 Å². The van der Waals surface area contributed by atoms with Gasteiger partial charge in [0.15, 0.2) is 11.5 Å². The van der Waals surface area contributed by atoms with Gasteiger partial charge in [-0.3, -0.25) is 4.79 Å². The topological polar surface area (TPSA) is 85.4 Å². The van der Waals surface area contributed by atoms with E-state index in [4.69, 9.17) is 21.1 Å². The smallest absolute Gasteiger partial charge is 0.274 e. The quantitative estimate of drug-likeness (QED) is 0.625. The first kappa shape index (κ1) is 19.4. The highest BCUT2D eigenvalue weighted by atomic mass is 35.5. The van der Waals surface area contributed by atoms with E-state index >= 15 is 0 Å². The lowest BCUT2D eigenvalue weighted by molar-refractivity contribution is 0.102. The minimum atomic E-state index is -0.348. The van der Waals surface area contributed by atoms with Crippen molar-refractivity contribution >= 4 is 29.1 Å². The first-order valence-corrected chi connectivity index (χ1v) is 8.81. The summed E-state index contributed by atoms with van der Waals surface area (Å²) in [6, 6.07) is 14.0. The van der Waals surface area contributed by atoms with Gasteiger partial charge in [0.25, 0.3) is 5.91 Å². The Morgan fingerprint density at radius 3 is 2.64 bits per heavy atom. The highest BCUT2D eigenvalue weighted by Gasteiger charge is 2.10. The summed E-state index contributed by atoms with van der Waals surface area (Å²) in [5, 5.41) is 6.39. The molecule has 0 fully saturated rings. The monoisotopic (exact) mass is 398 g/mol. The minimum absolute atomic E-state index is 0.241. The molecule has 0 spiro atoms. The Balaban J connectivity index is 1.67. The Labute approximate surface area is 167 Å². The van der Waals surface area contributed by atoms with Crippen LogP contribution in [-0.4, -0.2) is 30.1 Å². The summed E-state index contributed by atoms with van der Waals surface area (Å²) in [6.45, 7) is 0.458. The number of methoxy groups -OCH3 is 2. The maximum atomic E-state index is 12.4. The second-order valence-corrected chi connectivity index (χ2v) is 6.21. The molecule has 7 nitrogen and oxygen atoms in total. The van der Waals surface area contributed by atoms with Crippen molar-refractivity contribution in [2.24, 2.45) is 0 Å². The highest BCUT2D eigenvalue weighted by Crippen LogP contribution is 2.27. The molecule has 0 aliphatic heterocycles. The standard InChI is InChI=1S/C20H19ClN4O3/c1-27-17-7-6-13(10-18(17)28-2)12-23-20-22-9-8-16(25-20)19(26)24-15-5-3-4-14(21)11-15/h3-11H,12H2,1-2H3,(H,24,26)(H,22,23,25). The normalized spacial score (nSPS) is 10.2. The number of ether oxygens (including phenoxy) is 2. The van der Waals surface area contributed by atoms with Gasteiger partial charge in [0.05, 0.1) is 14.2 Å². The van der Waals surface area contributed by atoms with E-state index in [1.54, 1.807) is 44.6 Å². The van der Waals surface area contributed by atoms with Gasteiger partial charge in [-0.05, 0) is 42.0 Å². The molecule has 0 aliphatic rings. The molecule has 0 radical (unpaired) electrons. The molecule has 0 saturated carbocycles. The number of carbonyl (C=O) groups excluding carboxylic acids is 1. The summed E-state index contributed by atoms with van der Waals surface area (Å²) in [6.07, 6.45) is 1.52. The van der Waals surface area contributed by atoms with Gasteiger partial charge < -0.3 is 20.1 Å². The molecule has 3 rings (SSSR count). The first-order valence-electron chi connectivity index (χ1n) is 8.44. The zero-order chi connectivity index (χ0) is 19.9. The van der Waals surface area contributed by atoms with Gasteiger partial charge in [-0.25, -0.2) is 9.97 Å². The number of hydrogen-bond acceptors (Lipinski definition) is 6. The first-order chi connectivity index (χ1) is 13.6. The summed E-state index contributed by atoms with van der Waals surface area (Å²) >= 11 is 5.94. The number of nitrogens with one attached hydrogen (secondary N) is 2. The van der Waals surface area contributed by atoms with Crippen molar-refractivity contribution in [2.45, 2.75) is 6.54 Å². The molecule has 2 aromatic carbocycles. The molecule has 3 aromatic rings. The maximum absolute atomic E-state index is 12.4. The Bertz CT molecular complexity index is 981. The van der Waals surface area contributed by atoms with Crippen LogP contribution in [0, 0.1) is 0 Å². The average Bonchev–Trinajstić information content (AvgIpc) is 2.72. The van der Waals surface area contributed by atoms with Crippen LogP contribution in [0.15, 0.2) is 54.7 Å². The number of hydrogen-bond donors (Lipinski definition) is 2. The molecular formula is C20H19ClN4O3. The van der Waals surface area contributed by atoms with Crippen molar-refractivity contribution in [1.29, 1.82) is 0 Å². The third-order valence-electron chi connectivity index (χ3n) is 3.87. The lowest BCUT2D eigenvalue weighted by atomic mass is 10.2. The largest absolute Gasteiger partial charge is 0.493 e. The predicted molar refractivity (Wildman–Crippen MR) is 108 cm³/mol. The lowest BCUT2D eigenvalue weighted by Gasteiger charge is -2.11. The van der Waals surface area contributed by atoms with Crippen molar-refractivity contribution in [3.8, 4) is 11.5 Å². The number of anilines is 2. The van der Waals surface area contributed by atoms with E-state index in [-0.39, 0.29) is 11.6 Å². The molecule has 0 aliphatic carbocycles. The second-order valence-electron chi connectivity index (χ2n) is 5.77. The molecule has 28 heavy (non-hydrogen) atoms. The van der Waals surface area contributed by atoms with Crippen molar-refractivity contribution < 1.29 is 14.3 Å². The molecule has 144 valence electrons. The zero-order valence-corrected chi connectivity index (χ0v) is 16.2. The average molecular weight is 399 g/mol. The van der Waals surface area contributed by atoms with Crippen LogP contribution in [0.5, 0.6) is 11.5 Å². The van der Waals surface area contributed by atoms with Crippen molar-refractivity contribution in [1.82, 2.24) is 9.97 Å². The molecular weight excluding hydrogens is 380 g/mol. The molecule has 1 aromatic heterocycles. The van der Waals surface area contributed by atoms with E-state index in [9.17, 15) is 4.79 Å². The third kappa shape index (κ3) is 4.89. The van der Waals surface area contributed by atoms with Crippen LogP contribution >= 0.6 is 11.6 Å². The Morgan fingerprint density at radius 2 is 1.89 bits per heavy atom. The van der Waals surface area contributed by atoms with Gasteiger partial charge >= 0.3 is 0 Å². The lowest BCUT2D eigenvalue weighted by Crippen LogP contribution is -2.15. The molecule has 1 heterocycles. The number of amides is 1. The second kappa shape index (κ2) is 9.05. The molecule has 2 N–H and O–H groups in total. The number of carbonyl (C=O) groups is 1. The summed E-state index contributed by atoms with van der Waals surface area (Å²) < 4.78 is 10.5. The summed E-state index contributed by atoms with van der Waals surface area (Å²) in [4.78, 5) is 20.8. The molecule has 8 heteroatoms. The van der Waals surface area contributed by atoms with E-state index in [1.807, 2.05) is 18.2 Å². The van der Waals surface area contributed by atoms with Gasteiger partial charge in [-0.15, -0.1) is 0 Å². The van der Waals surface area contributed by atoms with E-state index in [0.29, 0.717) is 34.7 Å². The molecule has 0 atom stereocenters. The Kier molecular flexibility index (Phi) is 6.29. The van der Waals surface area contributed by atoms with Crippen LogP contribution in [0.25, 0.3) is 0 Å². The van der Waals surface area contributed by atoms with Gasteiger partial charge in [0.1, 0.15) is 5.69 Å². The van der Waals surface area contributed by atoms with Crippen molar-refractivity contribution in [3.05, 3.63) is 71.0 Å². The van der Waals surface area contributed by atoms with Gasteiger partial charge in [0, 0.05) is 23.5 Å². The highest BCUT2D eigenvalue weighted by molar-refractivity contribution is 6.30. The van der Waals surface area contributed by atoms with E-state index < -0.39 is 0 Å². The molecule has 0 unspecified atom stereocenters. The van der Waals surface area contributed by atoms with Gasteiger partial charge in [-0.1, -0.05) is 23.7 Å². The van der Waals surface area contributed by atoms with Crippen molar-refractivity contribution in [2.75, 3.05) is 24.9 Å². The zero-order valence-electron chi connectivity index (χ0n) is 15.4. The van der Waals surface area contributed by atoms with E-state index in [0.717, 1.165) is 5.56 Å². The summed E-state index contributed by atoms with van der Waals surface area (Å²) in [5.74, 6) is 1.28. The summed E-state index contributed by atoms with van der Waals surface area (Å²) in [5.41, 5.74) is 1.79. The van der Waals surface area contributed by atoms with Gasteiger partial charge in [0.2, 0.25) is 5.95 Å². The summed E-state index contributed by atoms with van der Waals surface area (Å²) in [7, 11) is 3.17. The number of benzene rings is 2. The Hall–Kier alpha value is -3.32. The number of aromatic nitrogens is 2. The third-order valence-corrected chi connectivity index (χ3v) is 4.10. The van der Waals surface area contributed by atoms with E-state index in [2.05, 4.69) is 20.6 Å². The number of nitrogens with zero attached hydrogens (tertiary/aromatic N) is 2. The number of rotatable bonds is 7. The SMILES string of the molecule is COc1ccc(CNc2nccc(C(=O)Nc3cccc(Cl)c3)n2)cc1OC. The minimum Gasteiger partial charge on any atom is -0.493 e. The fraction of sp³-hybridized carbons (Fsp3) is 0.150. The molecule has 0 bridgehead atoms. The number of halogens is 1. The van der Waals surface area contributed by atoms with Crippen molar-refractivity contribution in [3.63, 3.8) is 0 Å². The molecule has 1 amide bonds. The Morgan fingerprint density at radius 1 is 1.07 bits per heavy atom.